The predicted octanol–water partition coefficient (Wildman–Crippen LogP) is 1.49. The number of aliphatic hydroxyl groups is 1. The lowest BCUT2D eigenvalue weighted by atomic mass is 9.95. The first-order chi connectivity index (χ1) is 10.6. The Labute approximate surface area is 131 Å². The summed E-state index contributed by atoms with van der Waals surface area (Å²) in [5, 5.41) is 15.0. The maximum Gasteiger partial charge on any atom is 0.0994 e. The van der Waals surface area contributed by atoms with E-state index in [1.165, 1.54) is 0 Å². The minimum atomic E-state index is -0.852. The van der Waals surface area contributed by atoms with E-state index in [0.717, 1.165) is 25.2 Å². The largest absolute Gasteiger partial charge is 0.384 e. The number of hydrogen-bond acceptors (Lipinski definition) is 4. The molecule has 118 valence electrons. The van der Waals surface area contributed by atoms with Crippen molar-refractivity contribution in [3.8, 4) is 0 Å². The maximum atomic E-state index is 10.8. The molecule has 0 unspecified atom stereocenters. The molecule has 5 heteroatoms. The van der Waals surface area contributed by atoms with Crippen molar-refractivity contribution in [1.82, 2.24) is 14.7 Å². The number of hydrogen-bond donors (Lipinski definition) is 1. The molecule has 0 spiro atoms. The van der Waals surface area contributed by atoms with Crippen molar-refractivity contribution in [2.75, 3.05) is 26.2 Å². The van der Waals surface area contributed by atoms with Crippen molar-refractivity contribution in [3.05, 3.63) is 54.4 Å². The lowest BCUT2D eigenvalue weighted by Crippen LogP contribution is -2.49. The predicted molar refractivity (Wildman–Crippen MR) is 84.4 cm³/mol. The van der Waals surface area contributed by atoms with Gasteiger partial charge in [-0.1, -0.05) is 30.3 Å². The summed E-state index contributed by atoms with van der Waals surface area (Å²) >= 11 is 0. The Kier molecular flexibility index (Phi) is 4.57. The number of aromatic nitrogens is 2. The molecule has 1 aromatic heterocycles. The highest BCUT2D eigenvalue weighted by atomic mass is 16.5. The lowest BCUT2D eigenvalue weighted by Gasteiger charge is -2.37. The van der Waals surface area contributed by atoms with Crippen LogP contribution in [0.15, 0.2) is 48.8 Å². The van der Waals surface area contributed by atoms with E-state index in [2.05, 4.69) is 10.00 Å². The molecule has 0 saturated carbocycles. The van der Waals surface area contributed by atoms with Crippen molar-refractivity contribution in [1.29, 1.82) is 0 Å². The molecule has 1 aliphatic heterocycles. The van der Waals surface area contributed by atoms with E-state index < -0.39 is 5.60 Å². The van der Waals surface area contributed by atoms with E-state index in [-0.39, 0.29) is 6.10 Å². The van der Waals surface area contributed by atoms with E-state index in [9.17, 15) is 5.11 Å². The molecular weight excluding hydrogens is 278 g/mol. The Hall–Kier alpha value is -1.69. The van der Waals surface area contributed by atoms with Crippen molar-refractivity contribution < 1.29 is 9.84 Å². The minimum Gasteiger partial charge on any atom is -0.384 e. The molecule has 2 aromatic rings. The van der Waals surface area contributed by atoms with Gasteiger partial charge in [0.15, 0.2) is 0 Å². The highest BCUT2D eigenvalue weighted by Crippen LogP contribution is 2.22. The van der Waals surface area contributed by atoms with Gasteiger partial charge in [0.1, 0.15) is 0 Å². The Bertz CT molecular complexity index is 569. The second-order valence-corrected chi connectivity index (χ2v) is 6.10. The first-order valence-corrected chi connectivity index (χ1v) is 7.73. The second kappa shape index (κ2) is 6.60. The highest BCUT2D eigenvalue weighted by Gasteiger charge is 2.29. The third kappa shape index (κ3) is 3.74. The normalized spacial score (nSPS) is 22.4. The average Bonchev–Trinajstić information content (AvgIpc) is 3.01. The molecule has 1 saturated heterocycles. The smallest absolute Gasteiger partial charge is 0.0994 e. The summed E-state index contributed by atoms with van der Waals surface area (Å²) in [4.78, 5) is 2.27. The average molecular weight is 301 g/mol. The Morgan fingerprint density at radius 3 is 2.86 bits per heavy atom. The first kappa shape index (κ1) is 15.2. The fourth-order valence-electron chi connectivity index (χ4n) is 2.98. The van der Waals surface area contributed by atoms with Gasteiger partial charge in [-0.15, -0.1) is 0 Å². The molecule has 1 N–H and O–H groups in total. The molecule has 1 aromatic carbocycles. The van der Waals surface area contributed by atoms with Gasteiger partial charge in [-0.05, 0) is 18.6 Å². The third-order valence-corrected chi connectivity index (χ3v) is 4.10. The van der Waals surface area contributed by atoms with Gasteiger partial charge in [0.05, 0.1) is 24.9 Å². The van der Waals surface area contributed by atoms with Crippen LogP contribution in [-0.4, -0.2) is 52.1 Å². The molecular formula is C17H23N3O2. The molecule has 2 heterocycles. The zero-order valence-corrected chi connectivity index (χ0v) is 12.9. The van der Waals surface area contributed by atoms with Crippen LogP contribution in [-0.2, 0) is 16.9 Å². The van der Waals surface area contributed by atoms with Crippen LogP contribution in [0.2, 0.25) is 0 Å². The topological polar surface area (TPSA) is 50.5 Å². The zero-order valence-electron chi connectivity index (χ0n) is 12.9. The van der Waals surface area contributed by atoms with E-state index in [1.54, 1.807) is 6.20 Å². The van der Waals surface area contributed by atoms with Crippen LogP contribution >= 0.6 is 0 Å². The van der Waals surface area contributed by atoms with Gasteiger partial charge in [0, 0.05) is 32.0 Å². The quantitative estimate of drug-likeness (QED) is 0.909. The number of β-amino-alcohol motifs (C(OH)–C–C–N with tert-alkyl or cyclic N) is 1. The molecule has 22 heavy (non-hydrogen) atoms. The molecule has 0 bridgehead atoms. The van der Waals surface area contributed by atoms with E-state index in [4.69, 9.17) is 4.74 Å². The fraction of sp³-hybridized carbons (Fsp3) is 0.471. The van der Waals surface area contributed by atoms with Gasteiger partial charge in [-0.2, -0.15) is 5.10 Å². The summed E-state index contributed by atoms with van der Waals surface area (Å²) in [6.07, 6.45) is 3.84. The van der Waals surface area contributed by atoms with Crippen LogP contribution < -0.4 is 0 Å². The van der Waals surface area contributed by atoms with Gasteiger partial charge in [-0.25, -0.2) is 0 Å². The Morgan fingerprint density at radius 2 is 2.14 bits per heavy atom. The van der Waals surface area contributed by atoms with Crippen molar-refractivity contribution in [2.24, 2.45) is 0 Å². The number of nitrogens with zero attached hydrogens (tertiary/aromatic N) is 3. The Morgan fingerprint density at radius 1 is 1.32 bits per heavy atom. The standard InChI is InChI=1S/C17H23N3O2/c1-17(21,15-6-3-2-4-7-15)14-19-10-11-22-16(12-19)13-20-9-5-8-18-20/h2-9,16,21H,10-14H2,1H3/t16-,17-/m1/s1. The monoisotopic (exact) mass is 301 g/mol. The molecule has 0 radical (unpaired) electrons. The van der Waals surface area contributed by atoms with Gasteiger partial charge in [-0.3, -0.25) is 9.58 Å². The molecule has 0 amide bonds. The molecule has 3 rings (SSSR count). The summed E-state index contributed by atoms with van der Waals surface area (Å²) in [6.45, 7) is 5.57. The summed E-state index contributed by atoms with van der Waals surface area (Å²) in [6, 6.07) is 11.8. The van der Waals surface area contributed by atoms with E-state index in [0.29, 0.717) is 13.2 Å². The number of ether oxygens (including phenoxy) is 1. The van der Waals surface area contributed by atoms with Crippen LogP contribution in [0.25, 0.3) is 0 Å². The van der Waals surface area contributed by atoms with Crippen molar-refractivity contribution in [2.45, 2.75) is 25.2 Å². The second-order valence-electron chi connectivity index (χ2n) is 6.10. The van der Waals surface area contributed by atoms with Gasteiger partial charge < -0.3 is 9.84 Å². The molecule has 2 atom stereocenters. The van der Waals surface area contributed by atoms with Gasteiger partial charge in [0.2, 0.25) is 0 Å². The van der Waals surface area contributed by atoms with Crippen LogP contribution in [0.3, 0.4) is 0 Å². The van der Waals surface area contributed by atoms with Crippen molar-refractivity contribution in [3.63, 3.8) is 0 Å². The fourth-order valence-corrected chi connectivity index (χ4v) is 2.98. The SMILES string of the molecule is C[C@@](O)(CN1CCO[C@@H](Cn2cccn2)C1)c1ccccc1. The summed E-state index contributed by atoms with van der Waals surface area (Å²) < 4.78 is 7.71. The molecule has 5 nitrogen and oxygen atoms in total. The summed E-state index contributed by atoms with van der Waals surface area (Å²) in [5.41, 5.74) is 0.0969. The maximum absolute atomic E-state index is 10.8. The summed E-state index contributed by atoms with van der Waals surface area (Å²) in [7, 11) is 0. The number of morpholine rings is 1. The van der Waals surface area contributed by atoms with Crippen LogP contribution in [0.4, 0.5) is 0 Å². The lowest BCUT2D eigenvalue weighted by molar-refractivity contribution is -0.0670. The van der Waals surface area contributed by atoms with E-state index >= 15 is 0 Å². The van der Waals surface area contributed by atoms with E-state index in [1.807, 2.05) is 54.2 Å². The molecule has 0 aliphatic carbocycles. The summed E-state index contributed by atoms with van der Waals surface area (Å²) in [5.74, 6) is 0. The zero-order chi connectivity index (χ0) is 15.4. The minimum absolute atomic E-state index is 0.111. The van der Waals surface area contributed by atoms with Gasteiger partial charge >= 0.3 is 0 Å². The Balaban J connectivity index is 1.60. The highest BCUT2D eigenvalue weighted by molar-refractivity contribution is 5.21. The first-order valence-electron chi connectivity index (χ1n) is 7.73. The van der Waals surface area contributed by atoms with Crippen LogP contribution in [0.5, 0.6) is 0 Å². The number of rotatable bonds is 5. The van der Waals surface area contributed by atoms with Crippen LogP contribution in [0, 0.1) is 0 Å². The van der Waals surface area contributed by atoms with Crippen LogP contribution in [0.1, 0.15) is 12.5 Å². The molecule has 1 aliphatic rings. The third-order valence-electron chi connectivity index (χ3n) is 4.10. The number of benzene rings is 1. The van der Waals surface area contributed by atoms with Crippen molar-refractivity contribution >= 4 is 0 Å². The van der Waals surface area contributed by atoms with Gasteiger partial charge in [0.25, 0.3) is 0 Å². The molecule has 1 fully saturated rings.